The SMILES string of the molecule is O=C1COCC(=O)N1[C@H](CO)c1ccccc1. The van der Waals surface area contributed by atoms with Crippen LogP contribution in [0.2, 0.25) is 0 Å². The lowest BCUT2D eigenvalue weighted by Crippen LogP contribution is -2.48. The topological polar surface area (TPSA) is 66.8 Å². The van der Waals surface area contributed by atoms with Crippen LogP contribution in [0.5, 0.6) is 0 Å². The average Bonchev–Trinajstić information content (AvgIpc) is 2.35. The largest absolute Gasteiger partial charge is 0.394 e. The Labute approximate surface area is 98.6 Å². The van der Waals surface area contributed by atoms with E-state index in [1.54, 1.807) is 24.3 Å². The Morgan fingerprint density at radius 1 is 1.18 bits per heavy atom. The van der Waals surface area contributed by atoms with Crippen LogP contribution < -0.4 is 0 Å². The number of morpholine rings is 1. The standard InChI is InChI=1S/C12H13NO4/c14-6-10(9-4-2-1-3-5-9)13-11(15)7-17-8-12(13)16/h1-5,10,14H,6-8H2/t10-/m1/s1. The van der Waals surface area contributed by atoms with Gasteiger partial charge >= 0.3 is 0 Å². The van der Waals surface area contributed by atoms with Crippen molar-refractivity contribution in [3.8, 4) is 0 Å². The van der Waals surface area contributed by atoms with E-state index in [-0.39, 0.29) is 19.8 Å². The van der Waals surface area contributed by atoms with Crippen molar-refractivity contribution in [2.75, 3.05) is 19.8 Å². The Kier molecular flexibility index (Phi) is 3.51. The van der Waals surface area contributed by atoms with Gasteiger partial charge in [-0.2, -0.15) is 0 Å². The van der Waals surface area contributed by atoms with Gasteiger partial charge in [-0.05, 0) is 5.56 Å². The van der Waals surface area contributed by atoms with Crippen molar-refractivity contribution < 1.29 is 19.4 Å². The van der Waals surface area contributed by atoms with Crippen LogP contribution >= 0.6 is 0 Å². The molecule has 2 rings (SSSR count). The maximum absolute atomic E-state index is 11.6. The number of carbonyl (C=O) groups is 2. The fourth-order valence-electron chi connectivity index (χ4n) is 1.86. The molecule has 5 heteroatoms. The van der Waals surface area contributed by atoms with Crippen molar-refractivity contribution >= 4 is 11.8 Å². The first-order valence-corrected chi connectivity index (χ1v) is 5.32. The van der Waals surface area contributed by atoms with Crippen molar-refractivity contribution in [2.45, 2.75) is 6.04 Å². The zero-order chi connectivity index (χ0) is 12.3. The molecule has 1 aromatic carbocycles. The van der Waals surface area contributed by atoms with Crippen LogP contribution in [0.15, 0.2) is 30.3 Å². The number of aliphatic hydroxyl groups excluding tert-OH is 1. The first-order chi connectivity index (χ1) is 8.24. The van der Waals surface area contributed by atoms with Crippen LogP contribution in [0.25, 0.3) is 0 Å². The number of aliphatic hydroxyl groups is 1. The number of imide groups is 1. The molecule has 1 atom stereocenters. The van der Waals surface area contributed by atoms with Crippen LogP contribution in [0.4, 0.5) is 0 Å². The lowest BCUT2D eigenvalue weighted by atomic mass is 10.1. The van der Waals surface area contributed by atoms with Gasteiger partial charge in [-0.25, -0.2) is 0 Å². The summed E-state index contributed by atoms with van der Waals surface area (Å²) in [5.41, 5.74) is 0.735. The van der Waals surface area contributed by atoms with Crippen LogP contribution in [0.1, 0.15) is 11.6 Å². The van der Waals surface area contributed by atoms with E-state index in [0.717, 1.165) is 10.5 Å². The summed E-state index contributed by atoms with van der Waals surface area (Å²) in [7, 11) is 0. The molecule has 17 heavy (non-hydrogen) atoms. The second-order valence-corrected chi connectivity index (χ2v) is 3.76. The highest BCUT2D eigenvalue weighted by Gasteiger charge is 2.33. The molecule has 0 aliphatic carbocycles. The second kappa shape index (κ2) is 5.07. The lowest BCUT2D eigenvalue weighted by Gasteiger charge is -2.31. The minimum absolute atomic E-state index is 0.116. The van der Waals surface area contributed by atoms with Crippen molar-refractivity contribution in [3.63, 3.8) is 0 Å². The summed E-state index contributed by atoms with van der Waals surface area (Å²) in [5.74, 6) is -0.826. The van der Waals surface area contributed by atoms with E-state index >= 15 is 0 Å². The van der Waals surface area contributed by atoms with Gasteiger partial charge in [-0.1, -0.05) is 30.3 Å². The number of ether oxygens (including phenoxy) is 1. The minimum atomic E-state index is -0.625. The molecule has 1 aromatic rings. The van der Waals surface area contributed by atoms with Gasteiger partial charge in [0.05, 0.1) is 12.6 Å². The molecule has 0 aromatic heterocycles. The third-order valence-corrected chi connectivity index (χ3v) is 2.66. The zero-order valence-electron chi connectivity index (χ0n) is 9.20. The number of benzene rings is 1. The predicted octanol–water partition coefficient (Wildman–Crippen LogP) is 0.105. The maximum Gasteiger partial charge on any atom is 0.255 e. The van der Waals surface area contributed by atoms with Crippen molar-refractivity contribution in [1.29, 1.82) is 0 Å². The molecule has 0 radical (unpaired) electrons. The lowest BCUT2D eigenvalue weighted by molar-refractivity contribution is -0.162. The summed E-state index contributed by atoms with van der Waals surface area (Å²) < 4.78 is 4.83. The molecule has 1 aliphatic rings. The van der Waals surface area contributed by atoms with E-state index < -0.39 is 17.9 Å². The summed E-state index contributed by atoms with van der Waals surface area (Å²) in [6.45, 7) is -0.522. The summed E-state index contributed by atoms with van der Waals surface area (Å²) in [4.78, 5) is 24.4. The van der Waals surface area contributed by atoms with Crippen LogP contribution in [0, 0.1) is 0 Å². The quantitative estimate of drug-likeness (QED) is 0.755. The molecule has 0 saturated carbocycles. The van der Waals surface area contributed by atoms with Gasteiger partial charge < -0.3 is 9.84 Å². The number of rotatable bonds is 3. The molecule has 0 spiro atoms. The fourth-order valence-corrected chi connectivity index (χ4v) is 1.86. The third kappa shape index (κ3) is 2.35. The van der Waals surface area contributed by atoms with Gasteiger partial charge in [0.15, 0.2) is 0 Å². The van der Waals surface area contributed by atoms with Gasteiger partial charge in [-0.15, -0.1) is 0 Å². The van der Waals surface area contributed by atoms with Gasteiger partial charge in [0.2, 0.25) is 0 Å². The van der Waals surface area contributed by atoms with Crippen molar-refractivity contribution in [1.82, 2.24) is 4.90 Å². The van der Waals surface area contributed by atoms with Gasteiger partial charge in [-0.3, -0.25) is 14.5 Å². The Morgan fingerprint density at radius 2 is 1.76 bits per heavy atom. The minimum Gasteiger partial charge on any atom is -0.394 e. The Bertz CT molecular complexity index is 402. The Hall–Kier alpha value is -1.72. The summed E-state index contributed by atoms with van der Waals surface area (Å²) in [5, 5.41) is 9.38. The van der Waals surface area contributed by atoms with Gasteiger partial charge in [0, 0.05) is 0 Å². The van der Waals surface area contributed by atoms with Crippen LogP contribution in [0.3, 0.4) is 0 Å². The highest BCUT2D eigenvalue weighted by molar-refractivity contribution is 5.98. The van der Waals surface area contributed by atoms with Crippen molar-refractivity contribution in [3.05, 3.63) is 35.9 Å². The molecule has 90 valence electrons. The van der Waals surface area contributed by atoms with Crippen molar-refractivity contribution in [2.24, 2.45) is 0 Å². The number of hydrogen-bond acceptors (Lipinski definition) is 4. The van der Waals surface area contributed by atoms with E-state index in [2.05, 4.69) is 0 Å². The van der Waals surface area contributed by atoms with E-state index in [9.17, 15) is 14.7 Å². The number of amides is 2. The molecule has 0 unspecified atom stereocenters. The molecule has 2 amide bonds. The fraction of sp³-hybridized carbons (Fsp3) is 0.333. The van der Waals surface area contributed by atoms with Gasteiger partial charge in [0.25, 0.3) is 11.8 Å². The summed E-state index contributed by atoms with van der Waals surface area (Å²) >= 11 is 0. The normalized spacial score (nSPS) is 18.3. The Balaban J connectivity index is 2.29. The molecule has 1 fully saturated rings. The first-order valence-electron chi connectivity index (χ1n) is 5.32. The maximum atomic E-state index is 11.6. The van der Waals surface area contributed by atoms with Crippen LogP contribution in [-0.4, -0.2) is 41.6 Å². The molecular weight excluding hydrogens is 222 g/mol. The number of nitrogens with zero attached hydrogens (tertiary/aromatic N) is 1. The number of carbonyl (C=O) groups excluding carboxylic acids is 2. The highest BCUT2D eigenvalue weighted by Crippen LogP contribution is 2.22. The monoisotopic (exact) mass is 235 g/mol. The smallest absolute Gasteiger partial charge is 0.255 e. The van der Waals surface area contributed by atoms with Crippen LogP contribution in [-0.2, 0) is 14.3 Å². The average molecular weight is 235 g/mol. The molecule has 0 bridgehead atoms. The summed E-state index contributed by atoms with van der Waals surface area (Å²) in [6.07, 6.45) is 0. The molecule has 1 N–H and O–H groups in total. The van der Waals surface area contributed by atoms with E-state index in [1.165, 1.54) is 0 Å². The van der Waals surface area contributed by atoms with E-state index in [4.69, 9.17) is 4.74 Å². The molecule has 5 nitrogen and oxygen atoms in total. The second-order valence-electron chi connectivity index (χ2n) is 3.76. The molecular formula is C12H13NO4. The zero-order valence-corrected chi connectivity index (χ0v) is 9.20. The number of hydrogen-bond donors (Lipinski definition) is 1. The summed E-state index contributed by atoms with van der Waals surface area (Å²) in [6, 6.07) is 8.36. The third-order valence-electron chi connectivity index (χ3n) is 2.66. The van der Waals surface area contributed by atoms with E-state index in [0.29, 0.717) is 0 Å². The van der Waals surface area contributed by atoms with Gasteiger partial charge in [0.1, 0.15) is 13.2 Å². The Morgan fingerprint density at radius 3 is 2.29 bits per heavy atom. The molecule has 1 saturated heterocycles. The molecule has 1 aliphatic heterocycles. The highest BCUT2D eigenvalue weighted by atomic mass is 16.5. The van der Waals surface area contributed by atoms with E-state index in [1.807, 2.05) is 6.07 Å². The predicted molar refractivity (Wildman–Crippen MR) is 58.9 cm³/mol. The molecule has 1 heterocycles. The first kappa shape index (κ1) is 11.8.